The number of piperidine rings is 1. The third-order valence-corrected chi connectivity index (χ3v) is 4.29. The number of ether oxygens (including phenoxy) is 1. The van der Waals surface area contributed by atoms with Crippen LogP contribution >= 0.6 is 0 Å². The third kappa shape index (κ3) is 2.65. The minimum atomic E-state index is -0.180. The van der Waals surface area contributed by atoms with Gasteiger partial charge in [-0.25, -0.2) is 4.98 Å². The van der Waals surface area contributed by atoms with Gasteiger partial charge in [0.25, 0.3) is 0 Å². The molecule has 0 saturated carbocycles. The zero-order chi connectivity index (χ0) is 14.8. The minimum Gasteiger partial charge on any atom is -0.468 e. The minimum absolute atomic E-state index is 0.180. The molecule has 0 amide bonds. The Hall–Kier alpha value is -1.88. The summed E-state index contributed by atoms with van der Waals surface area (Å²) >= 11 is 0. The van der Waals surface area contributed by atoms with Crippen LogP contribution in [0.5, 0.6) is 0 Å². The summed E-state index contributed by atoms with van der Waals surface area (Å²) in [6.07, 6.45) is 3.33. The van der Waals surface area contributed by atoms with Crippen LogP contribution in [0.1, 0.15) is 31.1 Å². The van der Waals surface area contributed by atoms with E-state index in [9.17, 15) is 4.79 Å². The molecule has 1 atom stereocenters. The van der Waals surface area contributed by atoms with Gasteiger partial charge in [-0.05, 0) is 31.5 Å². The van der Waals surface area contributed by atoms with Crippen molar-refractivity contribution in [2.45, 2.75) is 25.3 Å². The first-order chi connectivity index (χ1) is 10.2. The molecule has 3 rings (SSSR count). The standard InChI is InChI=1S/C16H21N3O2/c1-18-13-8-4-3-7-12(13)17-16(18)14-9-5-6-10-19(14)11-15(20)21-2/h3-4,7-8,14H,5-6,9-11H2,1-2H3/t14-/m1/s1. The molecular formula is C16H21N3O2. The van der Waals surface area contributed by atoms with Crippen molar-refractivity contribution in [2.75, 3.05) is 20.2 Å². The maximum absolute atomic E-state index is 11.6. The molecule has 1 aromatic carbocycles. The molecular weight excluding hydrogens is 266 g/mol. The number of nitrogens with zero attached hydrogens (tertiary/aromatic N) is 3. The van der Waals surface area contributed by atoms with Crippen molar-refractivity contribution in [3.8, 4) is 0 Å². The van der Waals surface area contributed by atoms with Gasteiger partial charge in [0.15, 0.2) is 0 Å². The lowest BCUT2D eigenvalue weighted by molar-refractivity contribution is -0.143. The lowest BCUT2D eigenvalue weighted by Gasteiger charge is -2.34. The monoisotopic (exact) mass is 287 g/mol. The molecule has 21 heavy (non-hydrogen) atoms. The lowest BCUT2D eigenvalue weighted by atomic mass is 10.0. The van der Waals surface area contributed by atoms with Crippen LogP contribution in [0.25, 0.3) is 11.0 Å². The highest BCUT2D eigenvalue weighted by Crippen LogP contribution is 2.31. The number of carbonyl (C=O) groups is 1. The molecule has 1 aliphatic rings. The molecule has 1 saturated heterocycles. The molecule has 0 N–H and O–H groups in total. The highest BCUT2D eigenvalue weighted by Gasteiger charge is 2.29. The van der Waals surface area contributed by atoms with Gasteiger partial charge in [-0.3, -0.25) is 9.69 Å². The predicted molar refractivity (Wildman–Crippen MR) is 80.9 cm³/mol. The van der Waals surface area contributed by atoms with Gasteiger partial charge in [0.1, 0.15) is 5.82 Å². The molecule has 5 heteroatoms. The average molecular weight is 287 g/mol. The van der Waals surface area contributed by atoms with Crippen molar-refractivity contribution < 1.29 is 9.53 Å². The molecule has 0 unspecified atom stereocenters. The number of esters is 1. The first kappa shape index (κ1) is 14.1. The van der Waals surface area contributed by atoms with Gasteiger partial charge in [0.05, 0.1) is 30.7 Å². The summed E-state index contributed by atoms with van der Waals surface area (Å²) in [5, 5.41) is 0. The number of hydrogen-bond acceptors (Lipinski definition) is 4. The Kier molecular flexibility index (Phi) is 3.92. The quantitative estimate of drug-likeness (QED) is 0.813. The van der Waals surface area contributed by atoms with Crippen molar-refractivity contribution >= 4 is 17.0 Å². The lowest BCUT2D eigenvalue weighted by Crippen LogP contribution is -2.38. The summed E-state index contributed by atoms with van der Waals surface area (Å²) in [4.78, 5) is 18.6. The highest BCUT2D eigenvalue weighted by molar-refractivity contribution is 5.76. The fourth-order valence-electron chi connectivity index (χ4n) is 3.17. The molecule has 5 nitrogen and oxygen atoms in total. The zero-order valence-corrected chi connectivity index (χ0v) is 12.6. The predicted octanol–water partition coefficient (Wildman–Crippen LogP) is 2.27. The number of carbonyl (C=O) groups excluding carboxylic acids is 1. The maximum Gasteiger partial charge on any atom is 0.319 e. The first-order valence-corrected chi connectivity index (χ1v) is 7.43. The van der Waals surface area contributed by atoms with Gasteiger partial charge in [-0.15, -0.1) is 0 Å². The molecule has 1 aliphatic heterocycles. The van der Waals surface area contributed by atoms with Crippen LogP contribution in [-0.4, -0.2) is 40.6 Å². The SMILES string of the molecule is COC(=O)CN1CCCC[C@@H]1c1nc2ccccc2n1C. The molecule has 0 bridgehead atoms. The Morgan fingerprint density at radius 1 is 1.38 bits per heavy atom. The topological polar surface area (TPSA) is 47.4 Å². The van der Waals surface area contributed by atoms with E-state index in [1.165, 1.54) is 13.5 Å². The molecule has 1 fully saturated rings. The average Bonchev–Trinajstić information content (AvgIpc) is 2.85. The molecule has 0 aliphatic carbocycles. The first-order valence-electron chi connectivity index (χ1n) is 7.43. The third-order valence-electron chi connectivity index (χ3n) is 4.29. The van der Waals surface area contributed by atoms with Crippen LogP contribution in [0, 0.1) is 0 Å². The number of likely N-dealkylation sites (tertiary alicyclic amines) is 1. The van der Waals surface area contributed by atoms with E-state index in [0.29, 0.717) is 6.54 Å². The van der Waals surface area contributed by atoms with Crippen molar-refractivity contribution in [3.05, 3.63) is 30.1 Å². The number of aromatic nitrogens is 2. The summed E-state index contributed by atoms with van der Waals surface area (Å²) in [6.45, 7) is 1.26. The molecule has 112 valence electrons. The van der Waals surface area contributed by atoms with Crippen LogP contribution in [0.2, 0.25) is 0 Å². The summed E-state index contributed by atoms with van der Waals surface area (Å²) in [7, 11) is 3.49. The molecule has 2 aromatic rings. The van der Waals surface area contributed by atoms with Gasteiger partial charge in [0.2, 0.25) is 0 Å². The fraction of sp³-hybridized carbons (Fsp3) is 0.500. The molecule has 0 spiro atoms. The zero-order valence-electron chi connectivity index (χ0n) is 12.6. The second-order valence-corrected chi connectivity index (χ2v) is 5.58. The Balaban J connectivity index is 1.94. The van der Waals surface area contributed by atoms with Crippen LogP contribution in [0.3, 0.4) is 0 Å². The van der Waals surface area contributed by atoms with Crippen molar-refractivity contribution in [1.82, 2.24) is 14.5 Å². The molecule has 2 heterocycles. The summed E-state index contributed by atoms with van der Waals surface area (Å²) in [5.74, 6) is 0.862. The number of benzene rings is 1. The van der Waals surface area contributed by atoms with Crippen molar-refractivity contribution in [1.29, 1.82) is 0 Å². The van der Waals surface area contributed by atoms with E-state index in [0.717, 1.165) is 36.2 Å². The van der Waals surface area contributed by atoms with Gasteiger partial charge in [-0.2, -0.15) is 0 Å². The van der Waals surface area contributed by atoms with Gasteiger partial charge in [-0.1, -0.05) is 18.6 Å². The number of rotatable bonds is 3. The Morgan fingerprint density at radius 2 is 2.19 bits per heavy atom. The highest BCUT2D eigenvalue weighted by atomic mass is 16.5. The Labute approximate surface area is 124 Å². The van der Waals surface area contributed by atoms with Crippen LogP contribution in [0.4, 0.5) is 0 Å². The largest absolute Gasteiger partial charge is 0.468 e. The number of fused-ring (bicyclic) bond motifs is 1. The Morgan fingerprint density at radius 3 is 2.95 bits per heavy atom. The fourth-order valence-corrected chi connectivity index (χ4v) is 3.17. The van der Waals surface area contributed by atoms with Crippen LogP contribution < -0.4 is 0 Å². The maximum atomic E-state index is 11.6. The summed E-state index contributed by atoms with van der Waals surface area (Å²) in [5.41, 5.74) is 2.15. The van der Waals surface area contributed by atoms with Gasteiger partial charge in [0, 0.05) is 7.05 Å². The smallest absolute Gasteiger partial charge is 0.319 e. The number of aryl methyl sites for hydroxylation is 1. The number of imidazole rings is 1. The summed E-state index contributed by atoms with van der Waals surface area (Å²) < 4.78 is 6.97. The van der Waals surface area contributed by atoms with Gasteiger partial charge < -0.3 is 9.30 Å². The van der Waals surface area contributed by atoms with E-state index in [-0.39, 0.29) is 12.0 Å². The van der Waals surface area contributed by atoms with E-state index in [4.69, 9.17) is 9.72 Å². The van der Waals surface area contributed by atoms with E-state index in [2.05, 4.69) is 22.6 Å². The van der Waals surface area contributed by atoms with E-state index >= 15 is 0 Å². The van der Waals surface area contributed by atoms with Crippen molar-refractivity contribution in [2.24, 2.45) is 7.05 Å². The normalized spacial score (nSPS) is 19.8. The molecule has 0 radical (unpaired) electrons. The van der Waals surface area contributed by atoms with Crippen LogP contribution in [-0.2, 0) is 16.6 Å². The van der Waals surface area contributed by atoms with E-state index in [1.54, 1.807) is 0 Å². The van der Waals surface area contributed by atoms with E-state index in [1.807, 2.05) is 18.2 Å². The summed E-state index contributed by atoms with van der Waals surface area (Å²) in [6, 6.07) is 8.34. The number of methoxy groups -OCH3 is 1. The van der Waals surface area contributed by atoms with Crippen molar-refractivity contribution in [3.63, 3.8) is 0 Å². The van der Waals surface area contributed by atoms with Crippen LogP contribution in [0.15, 0.2) is 24.3 Å². The van der Waals surface area contributed by atoms with E-state index < -0.39 is 0 Å². The Bertz CT molecular complexity index is 650. The second kappa shape index (κ2) is 5.85. The second-order valence-electron chi connectivity index (χ2n) is 5.58. The van der Waals surface area contributed by atoms with Gasteiger partial charge >= 0.3 is 5.97 Å². The number of para-hydroxylation sites is 2. The molecule has 1 aromatic heterocycles. The number of hydrogen-bond donors (Lipinski definition) is 0.